The SMILES string of the molecule is C=CCCNCC1CC/C=C\C(C(=C)C)=C/N(C)NC1. The lowest BCUT2D eigenvalue weighted by Crippen LogP contribution is -2.38. The normalized spacial score (nSPS) is 24.6. The van der Waals surface area contributed by atoms with Crippen LogP contribution in [0.1, 0.15) is 26.2 Å². The summed E-state index contributed by atoms with van der Waals surface area (Å²) in [5.41, 5.74) is 5.73. The summed E-state index contributed by atoms with van der Waals surface area (Å²) < 4.78 is 0. The second-order valence-electron chi connectivity index (χ2n) is 5.47. The fourth-order valence-electron chi connectivity index (χ4n) is 2.15. The lowest BCUT2D eigenvalue weighted by Gasteiger charge is -2.24. The molecule has 3 heteroatoms. The topological polar surface area (TPSA) is 27.3 Å². The maximum atomic E-state index is 4.02. The van der Waals surface area contributed by atoms with Gasteiger partial charge in [-0.15, -0.1) is 6.58 Å². The molecular formula is C17H29N3. The Hall–Kier alpha value is -1.32. The van der Waals surface area contributed by atoms with E-state index in [0.717, 1.165) is 38.0 Å². The number of hydrogen-bond donors (Lipinski definition) is 2. The molecule has 20 heavy (non-hydrogen) atoms. The van der Waals surface area contributed by atoms with Gasteiger partial charge in [0.05, 0.1) is 0 Å². The van der Waals surface area contributed by atoms with Gasteiger partial charge < -0.3 is 10.3 Å². The fourth-order valence-corrected chi connectivity index (χ4v) is 2.15. The number of nitrogens with zero attached hydrogens (tertiary/aromatic N) is 1. The van der Waals surface area contributed by atoms with Gasteiger partial charge in [0, 0.05) is 19.8 Å². The highest BCUT2D eigenvalue weighted by Gasteiger charge is 2.09. The molecule has 0 spiro atoms. The molecule has 0 saturated carbocycles. The van der Waals surface area contributed by atoms with Crippen LogP contribution in [0.25, 0.3) is 0 Å². The first-order valence-electron chi connectivity index (χ1n) is 7.45. The predicted octanol–water partition coefficient (Wildman–Crippen LogP) is 3.01. The minimum absolute atomic E-state index is 0.645. The van der Waals surface area contributed by atoms with Crippen LogP contribution in [0.5, 0.6) is 0 Å². The molecule has 1 atom stereocenters. The Labute approximate surface area is 124 Å². The van der Waals surface area contributed by atoms with Crippen LogP contribution in [-0.4, -0.2) is 31.7 Å². The van der Waals surface area contributed by atoms with Crippen molar-refractivity contribution < 1.29 is 0 Å². The molecule has 1 heterocycles. The number of hydrogen-bond acceptors (Lipinski definition) is 3. The Balaban J connectivity index is 2.50. The van der Waals surface area contributed by atoms with E-state index >= 15 is 0 Å². The Morgan fingerprint density at radius 1 is 1.60 bits per heavy atom. The van der Waals surface area contributed by atoms with Gasteiger partial charge in [0.15, 0.2) is 0 Å². The quantitative estimate of drug-likeness (QED) is 0.576. The van der Waals surface area contributed by atoms with Crippen LogP contribution < -0.4 is 10.7 Å². The van der Waals surface area contributed by atoms with Gasteiger partial charge in [-0.3, -0.25) is 0 Å². The molecule has 0 fully saturated rings. The standard InChI is InChI=1S/C17H29N3/c1-5-6-11-18-12-16-9-7-8-10-17(15(2)3)14-20(4)19-13-16/h5,8,10,14,16,18-19H,1-2,6-7,9,11-13H2,3-4H3/b10-8-,17-14+. The largest absolute Gasteiger partial charge is 0.318 e. The molecule has 0 radical (unpaired) electrons. The van der Waals surface area contributed by atoms with Crippen molar-refractivity contribution in [2.75, 3.05) is 26.7 Å². The van der Waals surface area contributed by atoms with E-state index in [9.17, 15) is 0 Å². The van der Waals surface area contributed by atoms with Gasteiger partial charge >= 0.3 is 0 Å². The van der Waals surface area contributed by atoms with Gasteiger partial charge in [-0.1, -0.05) is 24.8 Å². The number of allylic oxidation sites excluding steroid dienone is 4. The molecule has 0 aromatic rings. The van der Waals surface area contributed by atoms with Gasteiger partial charge in [-0.05, 0) is 56.3 Å². The zero-order chi connectivity index (χ0) is 14.8. The summed E-state index contributed by atoms with van der Waals surface area (Å²) in [4.78, 5) is 0. The molecule has 2 N–H and O–H groups in total. The van der Waals surface area contributed by atoms with Crippen molar-refractivity contribution >= 4 is 0 Å². The summed E-state index contributed by atoms with van der Waals surface area (Å²) in [6, 6.07) is 0. The molecule has 3 nitrogen and oxygen atoms in total. The van der Waals surface area contributed by atoms with E-state index in [1.54, 1.807) is 0 Å². The molecule has 0 saturated heterocycles. The molecular weight excluding hydrogens is 246 g/mol. The molecule has 1 aliphatic heterocycles. The molecule has 1 rings (SSSR count). The van der Waals surface area contributed by atoms with Gasteiger partial charge in [0.1, 0.15) is 0 Å². The predicted molar refractivity (Wildman–Crippen MR) is 88.2 cm³/mol. The van der Waals surface area contributed by atoms with Crippen LogP contribution in [0.15, 0.2) is 48.7 Å². The molecule has 1 aliphatic rings. The first-order valence-corrected chi connectivity index (χ1v) is 7.45. The Morgan fingerprint density at radius 3 is 3.10 bits per heavy atom. The molecule has 0 aliphatic carbocycles. The Morgan fingerprint density at radius 2 is 2.40 bits per heavy atom. The number of nitrogens with one attached hydrogen (secondary N) is 2. The molecule has 112 valence electrons. The van der Waals surface area contributed by atoms with Crippen LogP contribution in [0, 0.1) is 5.92 Å². The van der Waals surface area contributed by atoms with E-state index < -0.39 is 0 Å². The minimum atomic E-state index is 0.645. The number of hydrazine groups is 1. The van der Waals surface area contributed by atoms with Crippen molar-refractivity contribution in [3.8, 4) is 0 Å². The highest BCUT2D eigenvalue weighted by Crippen LogP contribution is 2.13. The zero-order valence-electron chi connectivity index (χ0n) is 13.0. The van der Waals surface area contributed by atoms with Crippen LogP contribution in [-0.2, 0) is 0 Å². The molecule has 1 unspecified atom stereocenters. The maximum Gasteiger partial charge on any atom is 0.0229 e. The van der Waals surface area contributed by atoms with Crippen molar-refractivity contribution in [2.24, 2.45) is 5.92 Å². The monoisotopic (exact) mass is 275 g/mol. The van der Waals surface area contributed by atoms with Crippen LogP contribution >= 0.6 is 0 Å². The summed E-state index contributed by atoms with van der Waals surface area (Å²) in [5.74, 6) is 0.645. The summed E-state index contributed by atoms with van der Waals surface area (Å²) in [6.45, 7) is 12.9. The molecule has 0 bridgehead atoms. The summed E-state index contributed by atoms with van der Waals surface area (Å²) >= 11 is 0. The van der Waals surface area contributed by atoms with Gasteiger partial charge in [-0.2, -0.15) is 0 Å². The maximum absolute atomic E-state index is 4.02. The average molecular weight is 275 g/mol. The Kier molecular flexibility index (Phi) is 8.00. The third-order valence-electron chi connectivity index (χ3n) is 3.45. The van der Waals surface area contributed by atoms with Gasteiger partial charge in [-0.25, -0.2) is 5.43 Å². The van der Waals surface area contributed by atoms with Crippen molar-refractivity contribution in [3.05, 3.63) is 48.7 Å². The van der Waals surface area contributed by atoms with E-state index in [0.29, 0.717) is 5.92 Å². The van der Waals surface area contributed by atoms with E-state index in [1.807, 2.05) is 25.1 Å². The van der Waals surface area contributed by atoms with Crippen LogP contribution in [0.4, 0.5) is 0 Å². The van der Waals surface area contributed by atoms with E-state index in [1.165, 1.54) is 12.0 Å². The smallest absolute Gasteiger partial charge is 0.0229 e. The minimum Gasteiger partial charge on any atom is -0.318 e. The average Bonchev–Trinajstić information content (AvgIpc) is 2.42. The second kappa shape index (κ2) is 9.56. The lowest BCUT2D eigenvalue weighted by molar-refractivity contribution is 0.280. The third kappa shape index (κ3) is 6.73. The van der Waals surface area contributed by atoms with Crippen LogP contribution in [0.2, 0.25) is 0 Å². The van der Waals surface area contributed by atoms with Crippen molar-refractivity contribution in [1.29, 1.82) is 0 Å². The zero-order valence-corrected chi connectivity index (χ0v) is 13.0. The highest BCUT2D eigenvalue weighted by atomic mass is 15.5. The first-order chi connectivity index (χ1) is 9.63. The summed E-state index contributed by atoms with van der Waals surface area (Å²) in [5, 5.41) is 5.54. The Bertz CT molecular complexity index is 368. The van der Waals surface area contributed by atoms with Crippen molar-refractivity contribution in [1.82, 2.24) is 15.8 Å². The van der Waals surface area contributed by atoms with Crippen LogP contribution in [0.3, 0.4) is 0 Å². The van der Waals surface area contributed by atoms with Gasteiger partial charge in [0.25, 0.3) is 0 Å². The lowest BCUT2D eigenvalue weighted by atomic mass is 10.0. The van der Waals surface area contributed by atoms with E-state index in [2.05, 4.69) is 42.3 Å². The second-order valence-corrected chi connectivity index (χ2v) is 5.47. The highest BCUT2D eigenvalue weighted by molar-refractivity contribution is 5.35. The van der Waals surface area contributed by atoms with Gasteiger partial charge in [0.2, 0.25) is 0 Å². The molecule has 0 aromatic heterocycles. The number of rotatable bonds is 6. The van der Waals surface area contributed by atoms with Crippen molar-refractivity contribution in [3.63, 3.8) is 0 Å². The fraction of sp³-hybridized carbons (Fsp3) is 0.529. The first kappa shape index (κ1) is 16.7. The molecule has 0 aromatic carbocycles. The molecule has 0 amide bonds. The third-order valence-corrected chi connectivity index (χ3v) is 3.45. The van der Waals surface area contributed by atoms with E-state index in [4.69, 9.17) is 0 Å². The van der Waals surface area contributed by atoms with E-state index in [-0.39, 0.29) is 0 Å². The summed E-state index contributed by atoms with van der Waals surface area (Å²) in [6.07, 6.45) is 11.8. The summed E-state index contributed by atoms with van der Waals surface area (Å²) in [7, 11) is 2.04. The van der Waals surface area contributed by atoms with Crippen molar-refractivity contribution in [2.45, 2.75) is 26.2 Å².